The Kier molecular flexibility index (Phi) is 3.28. The van der Waals surface area contributed by atoms with Gasteiger partial charge in [-0.25, -0.2) is 0 Å². The molecule has 0 amide bonds. The quantitative estimate of drug-likeness (QED) is 0.776. The van der Waals surface area contributed by atoms with E-state index in [1.165, 1.54) is 11.6 Å². The Morgan fingerprint density at radius 1 is 1.47 bits per heavy atom. The number of aromatic nitrogens is 2. The van der Waals surface area contributed by atoms with E-state index < -0.39 is 11.9 Å². The summed E-state index contributed by atoms with van der Waals surface area (Å²) in [6.07, 6.45) is -3.64. The van der Waals surface area contributed by atoms with E-state index in [4.69, 9.17) is 12.2 Å². The summed E-state index contributed by atoms with van der Waals surface area (Å²) in [6, 6.07) is -0.0488. The number of nitrogens with one attached hydrogen (secondary N) is 1. The van der Waals surface area contributed by atoms with Gasteiger partial charge in [0, 0.05) is 11.6 Å². The third-order valence-corrected chi connectivity index (χ3v) is 2.96. The first-order valence-corrected chi connectivity index (χ1v) is 5.08. The summed E-state index contributed by atoms with van der Waals surface area (Å²) >= 11 is 4.96. The molecule has 0 aliphatic heterocycles. The molecule has 0 saturated carbocycles. The van der Waals surface area contributed by atoms with Crippen LogP contribution >= 0.6 is 12.2 Å². The van der Waals surface area contributed by atoms with Crippen molar-refractivity contribution in [3.63, 3.8) is 0 Å². The number of halogens is 3. The highest BCUT2D eigenvalue weighted by molar-refractivity contribution is 7.71. The van der Waals surface area contributed by atoms with Crippen molar-refractivity contribution in [3.05, 3.63) is 15.9 Å². The highest BCUT2D eigenvalue weighted by atomic mass is 32.1. The van der Waals surface area contributed by atoms with E-state index in [2.05, 4.69) is 5.10 Å². The van der Waals surface area contributed by atoms with Crippen molar-refractivity contribution < 1.29 is 13.2 Å². The third kappa shape index (κ3) is 2.25. The molecule has 0 aliphatic carbocycles. The maximum Gasteiger partial charge on any atom is 0.433 e. The summed E-state index contributed by atoms with van der Waals surface area (Å²) in [4.78, 5) is 0. The van der Waals surface area contributed by atoms with Crippen molar-refractivity contribution in [2.45, 2.75) is 39.4 Å². The average Bonchev–Trinajstić information content (AvgIpc) is 2.42. The summed E-state index contributed by atoms with van der Waals surface area (Å²) in [5.41, 5.74) is -0.648. The van der Waals surface area contributed by atoms with E-state index in [1.807, 2.05) is 13.8 Å². The van der Waals surface area contributed by atoms with E-state index in [1.54, 1.807) is 0 Å². The zero-order chi connectivity index (χ0) is 11.8. The standard InChI is InChI=1S/C9H13F3N2S/c1-4-5(2)14-8(15)6(3)7(13-14)9(10,11)12/h5,13H,4H2,1-3H3. The van der Waals surface area contributed by atoms with Crippen LogP contribution in [0.15, 0.2) is 0 Å². The molecule has 0 aromatic carbocycles. The number of aromatic amines is 1. The Morgan fingerprint density at radius 3 is 2.33 bits per heavy atom. The minimum atomic E-state index is -4.36. The molecule has 1 aromatic heterocycles. The van der Waals surface area contributed by atoms with Crippen LogP contribution in [0.5, 0.6) is 0 Å². The predicted molar refractivity (Wildman–Crippen MR) is 54.4 cm³/mol. The molecule has 15 heavy (non-hydrogen) atoms. The summed E-state index contributed by atoms with van der Waals surface area (Å²) < 4.78 is 39.2. The van der Waals surface area contributed by atoms with Crippen molar-refractivity contribution in [2.24, 2.45) is 0 Å². The second kappa shape index (κ2) is 4.00. The van der Waals surface area contributed by atoms with Crippen molar-refractivity contribution in [1.29, 1.82) is 0 Å². The minimum absolute atomic E-state index is 0.0488. The lowest BCUT2D eigenvalue weighted by Crippen LogP contribution is -2.10. The van der Waals surface area contributed by atoms with Gasteiger partial charge in [0.05, 0.1) is 0 Å². The van der Waals surface area contributed by atoms with Crippen LogP contribution in [0.1, 0.15) is 37.6 Å². The average molecular weight is 238 g/mol. The number of hydrogen-bond acceptors (Lipinski definition) is 1. The van der Waals surface area contributed by atoms with Crippen LogP contribution in [0.3, 0.4) is 0 Å². The lowest BCUT2D eigenvalue weighted by atomic mass is 10.2. The Hall–Kier alpha value is -0.780. The van der Waals surface area contributed by atoms with Crippen LogP contribution in [-0.4, -0.2) is 9.78 Å². The first-order chi connectivity index (χ1) is 6.79. The molecule has 1 N–H and O–H groups in total. The fraction of sp³-hybridized carbons (Fsp3) is 0.667. The van der Waals surface area contributed by atoms with Gasteiger partial charge in [-0.15, -0.1) is 0 Å². The zero-order valence-corrected chi connectivity index (χ0v) is 9.59. The van der Waals surface area contributed by atoms with Gasteiger partial charge in [-0.3, -0.25) is 9.78 Å². The molecular formula is C9H13F3N2S. The summed E-state index contributed by atoms with van der Waals surface area (Å²) in [5, 5.41) is 2.33. The van der Waals surface area contributed by atoms with Gasteiger partial charge in [-0.1, -0.05) is 19.1 Å². The van der Waals surface area contributed by atoms with E-state index in [0.717, 1.165) is 6.42 Å². The van der Waals surface area contributed by atoms with Gasteiger partial charge in [0.25, 0.3) is 0 Å². The molecule has 1 unspecified atom stereocenters. The molecule has 0 radical (unpaired) electrons. The highest BCUT2D eigenvalue weighted by Crippen LogP contribution is 2.31. The Labute approximate surface area is 91.1 Å². The number of H-pyrrole nitrogens is 1. The highest BCUT2D eigenvalue weighted by Gasteiger charge is 2.35. The topological polar surface area (TPSA) is 20.7 Å². The van der Waals surface area contributed by atoms with Crippen LogP contribution in [0.25, 0.3) is 0 Å². The molecular weight excluding hydrogens is 225 g/mol. The van der Waals surface area contributed by atoms with Gasteiger partial charge in [-0.2, -0.15) is 13.2 Å². The van der Waals surface area contributed by atoms with Crippen LogP contribution in [0, 0.1) is 11.6 Å². The second-order valence-corrected chi connectivity index (χ2v) is 3.93. The van der Waals surface area contributed by atoms with Crippen molar-refractivity contribution in [1.82, 2.24) is 9.78 Å². The number of rotatable bonds is 2. The van der Waals surface area contributed by atoms with E-state index in [-0.39, 0.29) is 16.2 Å². The van der Waals surface area contributed by atoms with E-state index >= 15 is 0 Å². The van der Waals surface area contributed by atoms with Gasteiger partial charge < -0.3 is 0 Å². The predicted octanol–water partition coefficient (Wildman–Crippen LogP) is 3.84. The first-order valence-electron chi connectivity index (χ1n) is 4.67. The molecule has 1 rings (SSSR count). The van der Waals surface area contributed by atoms with Crippen molar-refractivity contribution >= 4 is 12.2 Å². The van der Waals surface area contributed by atoms with Gasteiger partial charge in [-0.05, 0) is 20.3 Å². The molecule has 0 aliphatic rings. The first kappa shape index (κ1) is 12.3. The second-order valence-electron chi connectivity index (χ2n) is 3.54. The molecule has 0 spiro atoms. The van der Waals surface area contributed by atoms with E-state index in [0.29, 0.717) is 0 Å². The molecule has 0 bridgehead atoms. The largest absolute Gasteiger partial charge is 0.433 e. The molecule has 1 heterocycles. The molecule has 86 valence electrons. The van der Waals surface area contributed by atoms with Crippen LogP contribution in [0.4, 0.5) is 13.2 Å². The SMILES string of the molecule is CCC(C)n1[nH]c(C(F)(F)F)c(C)c1=S. The normalized spacial score (nSPS) is 14.3. The summed E-state index contributed by atoms with van der Waals surface area (Å²) in [6.45, 7) is 5.11. The maximum atomic E-state index is 12.5. The monoisotopic (exact) mass is 238 g/mol. The lowest BCUT2D eigenvalue weighted by molar-refractivity contribution is -0.142. The Bertz CT molecular complexity index is 402. The fourth-order valence-electron chi connectivity index (χ4n) is 1.31. The van der Waals surface area contributed by atoms with Crippen LogP contribution in [0.2, 0.25) is 0 Å². The number of hydrogen-bond donors (Lipinski definition) is 1. The third-order valence-electron chi connectivity index (χ3n) is 2.46. The van der Waals surface area contributed by atoms with Crippen molar-refractivity contribution in [2.75, 3.05) is 0 Å². The number of nitrogens with zero attached hydrogens (tertiary/aromatic N) is 1. The Balaban J connectivity index is 3.31. The molecule has 6 heteroatoms. The summed E-state index contributed by atoms with van der Waals surface area (Å²) in [7, 11) is 0. The molecule has 0 fully saturated rings. The van der Waals surface area contributed by atoms with Gasteiger partial charge in [0.2, 0.25) is 0 Å². The molecule has 0 saturated heterocycles. The smallest absolute Gasteiger partial charge is 0.293 e. The summed E-state index contributed by atoms with van der Waals surface area (Å²) in [5.74, 6) is 0. The zero-order valence-electron chi connectivity index (χ0n) is 8.77. The Morgan fingerprint density at radius 2 is 2.00 bits per heavy atom. The molecule has 1 atom stereocenters. The van der Waals surface area contributed by atoms with Crippen LogP contribution < -0.4 is 0 Å². The minimum Gasteiger partial charge on any atom is -0.293 e. The van der Waals surface area contributed by atoms with Gasteiger partial charge in [0.15, 0.2) is 0 Å². The van der Waals surface area contributed by atoms with E-state index in [9.17, 15) is 13.2 Å². The van der Waals surface area contributed by atoms with Gasteiger partial charge in [0.1, 0.15) is 10.3 Å². The molecule has 1 aromatic rings. The number of alkyl halides is 3. The van der Waals surface area contributed by atoms with Gasteiger partial charge >= 0.3 is 6.18 Å². The fourth-order valence-corrected chi connectivity index (χ4v) is 1.64. The van der Waals surface area contributed by atoms with Crippen molar-refractivity contribution in [3.8, 4) is 0 Å². The lowest BCUT2D eigenvalue weighted by Gasteiger charge is -2.10. The molecule has 2 nitrogen and oxygen atoms in total. The maximum absolute atomic E-state index is 12.5. The van der Waals surface area contributed by atoms with Crippen LogP contribution in [-0.2, 0) is 6.18 Å².